The summed E-state index contributed by atoms with van der Waals surface area (Å²) in [4.78, 5) is 0. The molecule has 0 radical (unpaired) electrons. The smallest absolute Gasteiger partial charge is 0.119 e. The minimum atomic E-state index is -0.0303. The summed E-state index contributed by atoms with van der Waals surface area (Å²) < 4.78 is 5.67. The van der Waals surface area contributed by atoms with E-state index in [0.29, 0.717) is 0 Å². The molecule has 2 rings (SSSR count). The molecule has 1 nitrogen and oxygen atoms in total. The molecule has 112 valence electrons. The van der Waals surface area contributed by atoms with Gasteiger partial charge in [0.1, 0.15) is 5.75 Å². The summed E-state index contributed by atoms with van der Waals surface area (Å²) in [5, 5.41) is -0.0303. The predicted octanol–water partition coefficient (Wildman–Crippen LogP) is 5.61. The summed E-state index contributed by atoms with van der Waals surface area (Å²) in [7, 11) is 0. The maximum Gasteiger partial charge on any atom is 0.119 e. The lowest BCUT2D eigenvalue weighted by Gasteiger charge is -2.13. The summed E-state index contributed by atoms with van der Waals surface area (Å²) in [5.74, 6) is 0.903. The van der Waals surface area contributed by atoms with Crippen molar-refractivity contribution in [1.82, 2.24) is 0 Å². The first kappa shape index (κ1) is 15.9. The zero-order valence-electron chi connectivity index (χ0n) is 13.0. The topological polar surface area (TPSA) is 9.23 Å². The minimum absolute atomic E-state index is 0.0303. The van der Waals surface area contributed by atoms with E-state index >= 15 is 0 Å². The Kier molecular flexibility index (Phi) is 5.69. The third kappa shape index (κ3) is 4.50. The molecule has 1 atom stereocenters. The fourth-order valence-electron chi connectivity index (χ4n) is 2.27. The van der Waals surface area contributed by atoms with Crippen molar-refractivity contribution in [3.8, 4) is 5.75 Å². The van der Waals surface area contributed by atoms with Gasteiger partial charge in [-0.15, -0.1) is 11.6 Å². The highest BCUT2D eigenvalue weighted by atomic mass is 35.5. The maximum atomic E-state index is 6.58. The first-order chi connectivity index (χ1) is 10.1. The van der Waals surface area contributed by atoms with E-state index < -0.39 is 0 Å². The van der Waals surface area contributed by atoms with Crippen LogP contribution in [0.3, 0.4) is 0 Å². The van der Waals surface area contributed by atoms with E-state index in [4.69, 9.17) is 16.3 Å². The van der Waals surface area contributed by atoms with Crippen LogP contribution in [0.5, 0.6) is 5.75 Å². The van der Waals surface area contributed by atoms with E-state index in [0.717, 1.165) is 30.8 Å². The summed E-state index contributed by atoms with van der Waals surface area (Å²) in [6.07, 6.45) is 1.84. The van der Waals surface area contributed by atoms with Gasteiger partial charge in [-0.3, -0.25) is 0 Å². The van der Waals surface area contributed by atoms with E-state index in [1.54, 1.807) is 0 Å². The second kappa shape index (κ2) is 7.51. The van der Waals surface area contributed by atoms with Crippen LogP contribution in [-0.4, -0.2) is 6.61 Å². The highest BCUT2D eigenvalue weighted by Crippen LogP contribution is 2.28. The van der Waals surface area contributed by atoms with Crippen LogP contribution in [0, 0.1) is 13.8 Å². The lowest BCUT2D eigenvalue weighted by Crippen LogP contribution is -1.99. The van der Waals surface area contributed by atoms with Gasteiger partial charge >= 0.3 is 0 Å². The quantitative estimate of drug-likeness (QED) is 0.630. The molecule has 0 aliphatic heterocycles. The predicted molar refractivity (Wildman–Crippen MR) is 90.4 cm³/mol. The van der Waals surface area contributed by atoms with Crippen LogP contribution in [0.15, 0.2) is 42.5 Å². The fraction of sp³-hybridized carbons (Fsp3) is 0.368. The first-order valence-corrected chi connectivity index (χ1v) is 7.96. The minimum Gasteiger partial charge on any atom is -0.494 e. The number of halogens is 1. The zero-order valence-corrected chi connectivity index (χ0v) is 13.8. The van der Waals surface area contributed by atoms with Crippen LogP contribution >= 0.6 is 11.6 Å². The van der Waals surface area contributed by atoms with Gasteiger partial charge in [-0.1, -0.05) is 37.3 Å². The molecule has 1 unspecified atom stereocenters. The normalized spacial score (nSPS) is 12.2. The molecular formula is C19H23ClO. The number of rotatable bonds is 6. The van der Waals surface area contributed by atoms with E-state index in [1.165, 1.54) is 16.7 Å². The molecule has 0 fully saturated rings. The molecule has 0 aromatic heterocycles. The monoisotopic (exact) mass is 302 g/mol. The van der Waals surface area contributed by atoms with Crippen molar-refractivity contribution in [3.63, 3.8) is 0 Å². The summed E-state index contributed by atoms with van der Waals surface area (Å²) in [6.45, 7) is 7.12. The van der Waals surface area contributed by atoms with Crippen molar-refractivity contribution in [2.24, 2.45) is 0 Å². The van der Waals surface area contributed by atoms with Crippen molar-refractivity contribution in [2.45, 2.75) is 39.0 Å². The first-order valence-electron chi connectivity index (χ1n) is 7.53. The van der Waals surface area contributed by atoms with Gasteiger partial charge in [0.15, 0.2) is 0 Å². The highest BCUT2D eigenvalue weighted by Gasteiger charge is 2.10. The van der Waals surface area contributed by atoms with Crippen LogP contribution in [0.1, 0.15) is 41.0 Å². The van der Waals surface area contributed by atoms with Crippen LogP contribution in [0.4, 0.5) is 0 Å². The van der Waals surface area contributed by atoms with Gasteiger partial charge in [0.05, 0.1) is 12.0 Å². The van der Waals surface area contributed by atoms with Crippen molar-refractivity contribution in [2.75, 3.05) is 6.61 Å². The van der Waals surface area contributed by atoms with Crippen LogP contribution < -0.4 is 4.74 Å². The zero-order chi connectivity index (χ0) is 15.2. The Morgan fingerprint density at radius 2 is 1.86 bits per heavy atom. The van der Waals surface area contributed by atoms with Crippen molar-refractivity contribution in [3.05, 3.63) is 64.7 Å². The Morgan fingerprint density at radius 3 is 2.57 bits per heavy atom. The second-order valence-electron chi connectivity index (χ2n) is 5.51. The second-order valence-corrected chi connectivity index (χ2v) is 6.04. The molecule has 0 spiro atoms. The number of aryl methyl sites for hydroxylation is 2. The van der Waals surface area contributed by atoms with E-state index in [2.05, 4.69) is 45.0 Å². The molecule has 0 amide bonds. The van der Waals surface area contributed by atoms with Crippen molar-refractivity contribution < 1.29 is 4.74 Å². The third-order valence-corrected chi connectivity index (χ3v) is 4.09. The molecule has 0 aliphatic carbocycles. The lowest BCUT2D eigenvalue weighted by atomic mass is 10.00. The molecule has 0 saturated heterocycles. The number of hydrogen-bond donors (Lipinski definition) is 0. The van der Waals surface area contributed by atoms with E-state index in [-0.39, 0.29) is 5.38 Å². The van der Waals surface area contributed by atoms with Gasteiger partial charge in [0.25, 0.3) is 0 Å². The maximum absolute atomic E-state index is 6.58. The molecule has 2 heteroatoms. The van der Waals surface area contributed by atoms with Gasteiger partial charge < -0.3 is 4.74 Å². The third-order valence-electron chi connectivity index (χ3n) is 3.68. The Hall–Kier alpha value is -1.47. The number of benzene rings is 2. The average Bonchev–Trinajstić information content (AvgIpc) is 2.49. The Morgan fingerprint density at radius 1 is 1.05 bits per heavy atom. The molecule has 2 aromatic carbocycles. The highest BCUT2D eigenvalue weighted by molar-refractivity contribution is 6.20. The number of hydrogen-bond acceptors (Lipinski definition) is 1. The van der Waals surface area contributed by atoms with Crippen LogP contribution in [0.2, 0.25) is 0 Å². The van der Waals surface area contributed by atoms with Gasteiger partial charge in [-0.2, -0.15) is 0 Å². The van der Waals surface area contributed by atoms with Crippen LogP contribution in [-0.2, 0) is 6.42 Å². The molecule has 0 saturated carbocycles. The van der Waals surface area contributed by atoms with Crippen LogP contribution in [0.25, 0.3) is 0 Å². The molecule has 0 heterocycles. The number of alkyl halides is 1. The summed E-state index contributed by atoms with van der Waals surface area (Å²) in [5.41, 5.74) is 5.03. The summed E-state index contributed by atoms with van der Waals surface area (Å²) in [6, 6.07) is 14.7. The standard InChI is InChI=1S/C19H23ClO/c1-4-10-21-18-7-5-6-17(13-18)19(20)12-16-9-8-14(2)15(3)11-16/h5-9,11,13,19H,4,10,12H2,1-3H3. The number of ether oxygens (including phenoxy) is 1. The van der Waals surface area contributed by atoms with Crippen molar-refractivity contribution in [1.29, 1.82) is 0 Å². The largest absolute Gasteiger partial charge is 0.494 e. The molecule has 0 bridgehead atoms. The van der Waals surface area contributed by atoms with E-state index in [1.807, 2.05) is 18.2 Å². The van der Waals surface area contributed by atoms with Gasteiger partial charge in [-0.25, -0.2) is 0 Å². The Balaban J connectivity index is 2.08. The van der Waals surface area contributed by atoms with Gasteiger partial charge in [0, 0.05) is 0 Å². The molecule has 21 heavy (non-hydrogen) atoms. The Bertz CT molecular complexity index is 592. The average molecular weight is 303 g/mol. The molecular weight excluding hydrogens is 280 g/mol. The Labute approximate surface area is 132 Å². The van der Waals surface area contributed by atoms with E-state index in [9.17, 15) is 0 Å². The SMILES string of the molecule is CCCOc1cccc(C(Cl)Cc2ccc(C)c(C)c2)c1. The summed E-state index contributed by atoms with van der Waals surface area (Å²) >= 11 is 6.58. The molecule has 2 aromatic rings. The van der Waals surface area contributed by atoms with Gasteiger partial charge in [0.2, 0.25) is 0 Å². The lowest BCUT2D eigenvalue weighted by molar-refractivity contribution is 0.317. The molecule has 0 N–H and O–H groups in total. The van der Waals surface area contributed by atoms with Gasteiger partial charge in [-0.05, 0) is 61.1 Å². The van der Waals surface area contributed by atoms with Crippen molar-refractivity contribution >= 4 is 11.6 Å². The molecule has 0 aliphatic rings. The fourth-order valence-corrected chi connectivity index (χ4v) is 2.59.